The molecule has 0 aliphatic carbocycles. The van der Waals surface area contributed by atoms with Crippen molar-refractivity contribution < 1.29 is 0 Å². The van der Waals surface area contributed by atoms with Gasteiger partial charge in [0.2, 0.25) is 0 Å². The lowest BCUT2D eigenvalue weighted by Crippen LogP contribution is -2.12. The van der Waals surface area contributed by atoms with Crippen molar-refractivity contribution in [3.63, 3.8) is 0 Å². The van der Waals surface area contributed by atoms with Crippen molar-refractivity contribution in [1.29, 1.82) is 0 Å². The fourth-order valence-electron chi connectivity index (χ4n) is 8.24. The van der Waals surface area contributed by atoms with Crippen molar-refractivity contribution in [2.24, 2.45) is 0 Å². The lowest BCUT2D eigenvalue weighted by molar-refractivity contribution is 0.589. The van der Waals surface area contributed by atoms with Crippen LogP contribution >= 0.6 is 0 Å². The van der Waals surface area contributed by atoms with Gasteiger partial charge in [-0.1, -0.05) is 141 Å². The molecule has 0 radical (unpaired) electrons. The van der Waals surface area contributed by atoms with Crippen molar-refractivity contribution >= 4 is 0 Å². The molecule has 0 fully saturated rings. The SMILES string of the molecule is Cc1cc(C)c(-c2ccc(-c3nc(-c4ccc(-c5c(C)cc(C)cc5C)cc4)nc(-c4ccc(-c5c(C)cc(C(C)(C)C)cc5C)cc4)n3)cc2)c(C)c1. The van der Waals surface area contributed by atoms with E-state index in [0.29, 0.717) is 17.5 Å². The second-order valence-electron chi connectivity index (χ2n) is 16.3. The second-order valence-corrected chi connectivity index (χ2v) is 16.3. The van der Waals surface area contributed by atoms with Gasteiger partial charge in [-0.25, -0.2) is 15.0 Å². The number of benzene rings is 6. The summed E-state index contributed by atoms with van der Waals surface area (Å²) in [6, 6.07) is 39.7. The van der Waals surface area contributed by atoms with E-state index in [1.54, 1.807) is 0 Å². The summed E-state index contributed by atoms with van der Waals surface area (Å²) in [6.07, 6.45) is 0. The molecule has 0 unspecified atom stereocenters. The van der Waals surface area contributed by atoms with Crippen molar-refractivity contribution in [1.82, 2.24) is 15.0 Å². The molecule has 270 valence electrons. The predicted octanol–water partition coefficient (Wildman–Crippen LogP) is 13.6. The van der Waals surface area contributed by atoms with Gasteiger partial charge in [0.15, 0.2) is 17.5 Å². The number of hydrogen-bond donors (Lipinski definition) is 0. The molecular formula is C51H51N3. The van der Waals surface area contributed by atoms with Gasteiger partial charge in [0.25, 0.3) is 0 Å². The van der Waals surface area contributed by atoms with Gasteiger partial charge in [-0.05, 0) is 133 Å². The van der Waals surface area contributed by atoms with Crippen LogP contribution in [-0.4, -0.2) is 15.0 Å². The molecule has 6 aromatic carbocycles. The summed E-state index contributed by atoms with van der Waals surface area (Å²) in [5.41, 5.74) is 22.0. The topological polar surface area (TPSA) is 38.7 Å². The highest BCUT2D eigenvalue weighted by molar-refractivity contribution is 5.78. The predicted molar refractivity (Wildman–Crippen MR) is 229 cm³/mol. The molecule has 1 heterocycles. The van der Waals surface area contributed by atoms with Crippen LogP contribution in [0, 0.1) is 55.4 Å². The molecule has 0 atom stereocenters. The third-order valence-electron chi connectivity index (χ3n) is 10.7. The first-order chi connectivity index (χ1) is 25.7. The zero-order chi connectivity index (χ0) is 38.5. The third kappa shape index (κ3) is 7.28. The average molecular weight is 706 g/mol. The molecule has 0 bridgehead atoms. The van der Waals surface area contributed by atoms with E-state index >= 15 is 0 Å². The van der Waals surface area contributed by atoms with E-state index in [0.717, 1.165) is 16.7 Å². The average Bonchev–Trinajstić information content (AvgIpc) is 3.11. The highest BCUT2D eigenvalue weighted by Gasteiger charge is 2.18. The van der Waals surface area contributed by atoms with Crippen molar-refractivity contribution in [2.75, 3.05) is 0 Å². The first-order valence-electron chi connectivity index (χ1n) is 19.0. The van der Waals surface area contributed by atoms with Gasteiger partial charge >= 0.3 is 0 Å². The number of aryl methyl sites for hydroxylation is 8. The molecule has 7 aromatic rings. The van der Waals surface area contributed by atoms with Crippen LogP contribution in [0.2, 0.25) is 0 Å². The minimum absolute atomic E-state index is 0.101. The number of nitrogens with zero attached hydrogens (tertiary/aromatic N) is 3. The highest BCUT2D eigenvalue weighted by atomic mass is 15.0. The van der Waals surface area contributed by atoms with Crippen LogP contribution in [0.1, 0.15) is 70.8 Å². The lowest BCUT2D eigenvalue weighted by atomic mass is 9.82. The largest absolute Gasteiger partial charge is 0.208 e. The zero-order valence-corrected chi connectivity index (χ0v) is 33.7. The smallest absolute Gasteiger partial charge is 0.164 e. The maximum Gasteiger partial charge on any atom is 0.164 e. The maximum atomic E-state index is 5.10. The Morgan fingerprint density at radius 2 is 0.537 bits per heavy atom. The summed E-state index contributed by atoms with van der Waals surface area (Å²) in [7, 11) is 0. The monoisotopic (exact) mass is 705 g/mol. The van der Waals surface area contributed by atoms with E-state index in [1.165, 1.54) is 83.5 Å². The summed E-state index contributed by atoms with van der Waals surface area (Å²) in [4.78, 5) is 15.3. The molecule has 0 spiro atoms. The molecule has 0 aliphatic rings. The minimum Gasteiger partial charge on any atom is -0.208 e. The van der Waals surface area contributed by atoms with Gasteiger partial charge in [0, 0.05) is 16.7 Å². The molecule has 1 aromatic heterocycles. The summed E-state index contributed by atoms with van der Waals surface area (Å²) < 4.78 is 0. The Hall–Kier alpha value is -5.67. The standard InChI is InChI=1S/C51H51N3/c1-30-24-32(3)45(33(4)25-30)38-12-18-41(19-13-38)48-52-49(42-20-14-39(15-21-42)46-34(5)26-31(2)27-35(46)6)54-50(53-48)43-22-16-40(17-23-43)47-36(7)28-44(29-37(47)8)51(9,10)11/h12-29H,1-11H3. The molecule has 0 saturated heterocycles. The highest BCUT2D eigenvalue weighted by Crippen LogP contribution is 2.36. The summed E-state index contributed by atoms with van der Waals surface area (Å²) in [6.45, 7) is 24.3. The molecule has 7 rings (SSSR count). The van der Waals surface area contributed by atoms with Crippen LogP contribution in [0.25, 0.3) is 67.5 Å². The molecule has 0 amide bonds. The third-order valence-corrected chi connectivity index (χ3v) is 10.7. The van der Waals surface area contributed by atoms with Crippen LogP contribution in [-0.2, 0) is 5.41 Å². The first kappa shape index (κ1) is 36.7. The Morgan fingerprint density at radius 1 is 0.315 bits per heavy atom. The van der Waals surface area contributed by atoms with Gasteiger partial charge in [-0.3, -0.25) is 0 Å². The Kier molecular flexibility index (Phi) is 9.70. The van der Waals surface area contributed by atoms with Crippen LogP contribution < -0.4 is 0 Å². The number of aromatic nitrogens is 3. The Balaban J connectivity index is 1.30. The maximum absolute atomic E-state index is 5.10. The van der Waals surface area contributed by atoms with E-state index in [-0.39, 0.29) is 5.41 Å². The molecule has 0 N–H and O–H groups in total. The Bertz CT molecular complexity index is 2330. The van der Waals surface area contributed by atoms with E-state index in [1.807, 2.05) is 0 Å². The molecular weight excluding hydrogens is 655 g/mol. The lowest BCUT2D eigenvalue weighted by Gasteiger charge is -2.22. The van der Waals surface area contributed by atoms with Gasteiger partial charge in [-0.2, -0.15) is 0 Å². The van der Waals surface area contributed by atoms with E-state index in [4.69, 9.17) is 15.0 Å². The van der Waals surface area contributed by atoms with Crippen molar-refractivity contribution in [3.8, 4) is 67.5 Å². The fourth-order valence-corrected chi connectivity index (χ4v) is 8.24. The van der Waals surface area contributed by atoms with E-state index in [2.05, 4.69) is 185 Å². The van der Waals surface area contributed by atoms with Crippen LogP contribution in [0.15, 0.2) is 109 Å². The number of hydrogen-bond acceptors (Lipinski definition) is 3. The van der Waals surface area contributed by atoms with E-state index in [9.17, 15) is 0 Å². The first-order valence-corrected chi connectivity index (χ1v) is 19.0. The van der Waals surface area contributed by atoms with Crippen LogP contribution in [0.5, 0.6) is 0 Å². The van der Waals surface area contributed by atoms with Crippen molar-refractivity contribution in [3.05, 3.63) is 159 Å². The fraction of sp³-hybridized carbons (Fsp3) is 0.235. The quantitative estimate of drug-likeness (QED) is 0.173. The second kappa shape index (κ2) is 14.3. The van der Waals surface area contributed by atoms with Crippen LogP contribution in [0.3, 0.4) is 0 Å². The molecule has 0 saturated carbocycles. The normalized spacial score (nSPS) is 11.6. The molecule has 3 heteroatoms. The Morgan fingerprint density at radius 3 is 0.778 bits per heavy atom. The molecule has 54 heavy (non-hydrogen) atoms. The number of rotatable bonds is 6. The van der Waals surface area contributed by atoms with Gasteiger partial charge in [-0.15, -0.1) is 0 Å². The van der Waals surface area contributed by atoms with Gasteiger partial charge in [0.05, 0.1) is 0 Å². The molecule has 0 aliphatic heterocycles. The zero-order valence-electron chi connectivity index (χ0n) is 33.7. The van der Waals surface area contributed by atoms with E-state index < -0.39 is 0 Å². The molecule has 3 nitrogen and oxygen atoms in total. The summed E-state index contributed by atoms with van der Waals surface area (Å²) >= 11 is 0. The summed E-state index contributed by atoms with van der Waals surface area (Å²) in [5.74, 6) is 1.96. The van der Waals surface area contributed by atoms with Gasteiger partial charge < -0.3 is 0 Å². The minimum atomic E-state index is 0.101. The summed E-state index contributed by atoms with van der Waals surface area (Å²) in [5, 5.41) is 0. The van der Waals surface area contributed by atoms with Gasteiger partial charge in [0.1, 0.15) is 0 Å². The Labute approximate surface area is 322 Å². The van der Waals surface area contributed by atoms with Crippen molar-refractivity contribution in [2.45, 2.75) is 81.6 Å². The van der Waals surface area contributed by atoms with Crippen LogP contribution in [0.4, 0.5) is 0 Å².